The van der Waals surface area contributed by atoms with Gasteiger partial charge in [-0.3, -0.25) is 19.1 Å². The van der Waals surface area contributed by atoms with Gasteiger partial charge >= 0.3 is 11.9 Å². The van der Waals surface area contributed by atoms with Crippen molar-refractivity contribution in [3.63, 3.8) is 0 Å². The molecule has 170 valence electrons. The van der Waals surface area contributed by atoms with Crippen LogP contribution in [0.4, 0.5) is 24.5 Å². The molecule has 1 aliphatic heterocycles. The van der Waals surface area contributed by atoms with E-state index in [4.69, 9.17) is 16.3 Å². The molecule has 2 aliphatic rings. The molecular weight excluding hydrogens is 469 g/mol. The molecule has 1 atom stereocenters. The smallest absolute Gasteiger partial charge is 0.439 e. The van der Waals surface area contributed by atoms with Crippen LogP contribution < -0.4 is 21.1 Å². The summed E-state index contributed by atoms with van der Waals surface area (Å²) in [4.78, 5) is 36.9. The first-order valence-electron chi connectivity index (χ1n) is 9.44. The molecule has 1 amide bonds. The number of hydrogen-bond donors (Lipinski definition) is 3. The molecule has 2 heterocycles. The predicted octanol–water partition coefficient (Wildman–Crippen LogP) is 3.72. The minimum Gasteiger partial charge on any atom is -0.455 e. The lowest BCUT2D eigenvalue weighted by Gasteiger charge is -2.18. The number of fused-ring (bicyclic) bond motifs is 2. The molecule has 1 fully saturated rings. The summed E-state index contributed by atoms with van der Waals surface area (Å²) in [5.41, 5.74) is -0.815. The fourth-order valence-corrected chi connectivity index (χ4v) is 3.99. The Hall–Kier alpha value is -3.80. The van der Waals surface area contributed by atoms with Crippen molar-refractivity contribution >= 4 is 34.7 Å². The Bertz CT molecular complexity index is 1380. The van der Waals surface area contributed by atoms with Crippen LogP contribution in [0, 0.1) is 0 Å². The van der Waals surface area contributed by atoms with Crippen molar-refractivity contribution < 1.29 is 32.0 Å². The number of aromatic nitrogens is 2. The van der Waals surface area contributed by atoms with Gasteiger partial charge in [-0.2, -0.15) is 13.2 Å². The molecule has 0 radical (unpaired) electrons. The summed E-state index contributed by atoms with van der Waals surface area (Å²) in [6.07, 6.45) is -4.52. The van der Waals surface area contributed by atoms with Gasteiger partial charge in [0.05, 0.1) is 10.4 Å². The van der Waals surface area contributed by atoms with E-state index in [-0.39, 0.29) is 17.2 Å². The Labute approximate surface area is 186 Å². The van der Waals surface area contributed by atoms with Gasteiger partial charge in [0, 0.05) is 24.3 Å². The lowest BCUT2D eigenvalue weighted by molar-refractivity contribution is -0.138. The summed E-state index contributed by atoms with van der Waals surface area (Å²) >= 11 is 6.10. The fraction of sp³-hybridized carbons (Fsp3) is 0.200. The van der Waals surface area contributed by atoms with Crippen molar-refractivity contribution in [1.29, 1.82) is 0 Å². The number of amides is 1. The van der Waals surface area contributed by atoms with Gasteiger partial charge in [-0.1, -0.05) is 11.6 Å². The van der Waals surface area contributed by atoms with Gasteiger partial charge in [0.1, 0.15) is 17.1 Å². The number of alkyl halides is 3. The Morgan fingerprint density at radius 1 is 1.24 bits per heavy atom. The first kappa shape index (κ1) is 21.1. The number of hydrogen-bond acceptors (Lipinski definition) is 7. The van der Waals surface area contributed by atoms with Crippen molar-refractivity contribution in [2.24, 2.45) is 0 Å². The number of rotatable bonds is 4. The average molecular weight is 481 g/mol. The predicted molar refractivity (Wildman–Crippen MR) is 108 cm³/mol. The molecule has 1 aliphatic carbocycles. The van der Waals surface area contributed by atoms with Crippen LogP contribution in [0.1, 0.15) is 28.2 Å². The summed E-state index contributed by atoms with van der Waals surface area (Å²) in [5.74, 6) is -3.09. The topological polar surface area (TPSA) is 126 Å². The number of aromatic amines is 1. The highest BCUT2D eigenvalue weighted by atomic mass is 35.5. The monoisotopic (exact) mass is 480 g/mol. The van der Waals surface area contributed by atoms with Crippen molar-refractivity contribution in [2.45, 2.75) is 18.0 Å². The molecule has 0 bridgehead atoms. The minimum absolute atomic E-state index is 0.0495. The number of ketones is 1. The Kier molecular flexibility index (Phi) is 4.53. The normalized spacial score (nSPS) is 18.7. The van der Waals surface area contributed by atoms with Gasteiger partial charge in [0.15, 0.2) is 5.75 Å². The van der Waals surface area contributed by atoms with Crippen LogP contribution >= 0.6 is 11.6 Å². The van der Waals surface area contributed by atoms with E-state index in [0.717, 1.165) is 11.8 Å². The fourth-order valence-electron chi connectivity index (χ4n) is 3.73. The van der Waals surface area contributed by atoms with E-state index in [0.29, 0.717) is 24.6 Å². The molecule has 9 nitrogen and oxygen atoms in total. The SMILES string of the molecule is O=C(Nc1cc(Cl)c(Oc2ccc3c(c2)C2(CN3)CC2=O)c(C(F)(F)F)c1)c1noc(=O)[nH]1. The molecule has 1 aromatic heterocycles. The zero-order valence-electron chi connectivity index (χ0n) is 16.3. The second-order valence-corrected chi connectivity index (χ2v) is 7.98. The molecule has 2 aromatic carbocycles. The van der Waals surface area contributed by atoms with Crippen molar-refractivity contribution in [3.8, 4) is 11.5 Å². The van der Waals surface area contributed by atoms with Gasteiger partial charge in [0.2, 0.25) is 5.82 Å². The van der Waals surface area contributed by atoms with Crippen LogP contribution in [0.25, 0.3) is 0 Å². The highest BCUT2D eigenvalue weighted by molar-refractivity contribution is 6.32. The highest BCUT2D eigenvalue weighted by Gasteiger charge is 2.58. The Balaban J connectivity index is 1.48. The third-order valence-corrected chi connectivity index (χ3v) is 5.72. The summed E-state index contributed by atoms with van der Waals surface area (Å²) in [7, 11) is 0. The van der Waals surface area contributed by atoms with Crippen LogP contribution in [-0.4, -0.2) is 28.4 Å². The molecule has 13 heteroatoms. The van der Waals surface area contributed by atoms with Crippen LogP contribution in [0.15, 0.2) is 39.6 Å². The average Bonchev–Trinajstić information content (AvgIpc) is 3.05. The number of carbonyl (C=O) groups is 2. The van der Waals surface area contributed by atoms with E-state index in [1.54, 1.807) is 6.07 Å². The number of carbonyl (C=O) groups excluding carboxylic acids is 2. The zero-order valence-corrected chi connectivity index (χ0v) is 17.1. The van der Waals surface area contributed by atoms with E-state index < -0.39 is 45.4 Å². The van der Waals surface area contributed by atoms with Crippen LogP contribution in [0.5, 0.6) is 11.5 Å². The number of nitrogens with zero attached hydrogens (tertiary/aromatic N) is 1. The number of benzene rings is 2. The van der Waals surface area contributed by atoms with Crippen LogP contribution in [-0.2, 0) is 16.4 Å². The van der Waals surface area contributed by atoms with E-state index >= 15 is 0 Å². The molecule has 5 rings (SSSR count). The number of nitrogens with one attached hydrogen (secondary N) is 3. The quantitative estimate of drug-likeness (QED) is 0.519. The maximum Gasteiger partial charge on any atom is 0.439 e. The van der Waals surface area contributed by atoms with E-state index in [1.807, 2.05) is 4.98 Å². The Morgan fingerprint density at radius 3 is 2.64 bits per heavy atom. The maximum atomic E-state index is 13.8. The van der Waals surface area contributed by atoms with E-state index in [9.17, 15) is 27.6 Å². The molecule has 0 saturated heterocycles. The number of H-pyrrole nitrogens is 1. The van der Waals surface area contributed by atoms with E-state index in [1.165, 1.54) is 12.1 Å². The van der Waals surface area contributed by atoms with Crippen LogP contribution in [0.3, 0.4) is 0 Å². The third kappa shape index (κ3) is 3.61. The number of anilines is 2. The zero-order chi connectivity index (χ0) is 23.5. The lowest BCUT2D eigenvalue weighted by atomic mass is 9.98. The summed E-state index contributed by atoms with van der Waals surface area (Å²) in [6.45, 7) is 0.435. The molecule has 1 saturated carbocycles. The highest BCUT2D eigenvalue weighted by Crippen LogP contribution is 2.52. The first-order valence-corrected chi connectivity index (χ1v) is 9.82. The number of Topliss-reactive ketones (excluding diaryl/α,β-unsaturated/α-hetero) is 1. The number of halogens is 4. The molecule has 1 unspecified atom stereocenters. The van der Waals surface area contributed by atoms with Crippen molar-refractivity contribution in [1.82, 2.24) is 10.1 Å². The van der Waals surface area contributed by atoms with Crippen molar-refractivity contribution in [2.75, 3.05) is 17.2 Å². The standard InChI is InChI=1S/C20H12ClF3N4O5/c21-12-4-8(26-17(30)16-27-18(31)33-28-16)3-11(20(22,23)24)15(12)32-9-1-2-13-10(5-9)19(7-25-13)6-14(19)29/h1-5,25H,6-7H2,(H,26,30)(H,27,28,31). The lowest BCUT2D eigenvalue weighted by Crippen LogP contribution is -2.16. The largest absolute Gasteiger partial charge is 0.455 e. The second-order valence-electron chi connectivity index (χ2n) is 7.58. The maximum absolute atomic E-state index is 13.8. The second kappa shape index (κ2) is 7.10. The molecule has 1 spiro atoms. The molecular formula is C20H12ClF3N4O5. The Morgan fingerprint density at radius 2 is 2.00 bits per heavy atom. The molecule has 3 N–H and O–H groups in total. The molecule has 33 heavy (non-hydrogen) atoms. The third-order valence-electron chi connectivity index (χ3n) is 5.44. The summed E-state index contributed by atoms with van der Waals surface area (Å²) in [6, 6.07) is 6.30. The van der Waals surface area contributed by atoms with Gasteiger partial charge in [-0.25, -0.2) is 4.79 Å². The van der Waals surface area contributed by atoms with Gasteiger partial charge < -0.3 is 15.4 Å². The van der Waals surface area contributed by atoms with Crippen molar-refractivity contribution in [3.05, 3.63) is 62.9 Å². The van der Waals surface area contributed by atoms with Gasteiger partial charge in [-0.05, 0) is 41.1 Å². The van der Waals surface area contributed by atoms with E-state index in [2.05, 4.69) is 20.3 Å². The minimum atomic E-state index is -4.88. The van der Waals surface area contributed by atoms with Gasteiger partial charge in [0.25, 0.3) is 5.91 Å². The van der Waals surface area contributed by atoms with Crippen LogP contribution in [0.2, 0.25) is 5.02 Å². The van der Waals surface area contributed by atoms with Gasteiger partial charge in [-0.15, -0.1) is 0 Å². The number of ether oxygens (including phenoxy) is 1. The first-order chi connectivity index (χ1) is 15.6. The molecule has 3 aromatic rings. The summed E-state index contributed by atoms with van der Waals surface area (Å²) in [5, 5.41) is 8.00. The summed E-state index contributed by atoms with van der Waals surface area (Å²) < 4.78 is 51.1.